The molecule has 0 saturated carbocycles. The van der Waals surface area contributed by atoms with Gasteiger partial charge in [0.15, 0.2) is 0 Å². The van der Waals surface area contributed by atoms with E-state index in [1.54, 1.807) is 37.5 Å². The highest BCUT2D eigenvalue weighted by atomic mass is 16.6. The number of rotatable bonds is 10. The summed E-state index contributed by atoms with van der Waals surface area (Å²) < 4.78 is 17.1. The van der Waals surface area contributed by atoms with E-state index in [2.05, 4.69) is 19.9 Å². The maximum Gasteiger partial charge on any atom is 0.338 e. The van der Waals surface area contributed by atoms with Gasteiger partial charge < -0.3 is 19.3 Å². The molecule has 0 saturated heterocycles. The zero-order valence-electron chi connectivity index (χ0n) is 21.1. The van der Waals surface area contributed by atoms with Crippen LogP contribution >= 0.6 is 0 Å². The number of ether oxygens (including phenoxy) is 3. The molecule has 0 fully saturated rings. The van der Waals surface area contributed by atoms with Gasteiger partial charge >= 0.3 is 11.9 Å². The minimum atomic E-state index is -1.08. The van der Waals surface area contributed by atoms with Crippen molar-refractivity contribution in [2.75, 3.05) is 6.61 Å². The van der Waals surface area contributed by atoms with Gasteiger partial charge in [-0.25, -0.2) is 9.59 Å². The highest BCUT2D eigenvalue weighted by molar-refractivity contribution is 5.91. The SMILES string of the molecule is CC(C)Oc1ccnc(-c2cc(OC(C)COC(=O)c3ccnc(-c4cc(C(=O)O)ccn4)c3)ccn2)c1. The van der Waals surface area contributed by atoms with E-state index in [9.17, 15) is 14.7 Å². The zero-order valence-corrected chi connectivity index (χ0v) is 21.1. The molecule has 4 heterocycles. The van der Waals surface area contributed by atoms with Crippen LogP contribution in [0.4, 0.5) is 0 Å². The molecule has 4 aromatic heterocycles. The second-order valence-electron chi connectivity index (χ2n) is 8.61. The molecule has 1 N–H and O–H groups in total. The first-order chi connectivity index (χ1) is 18.3. The van der Waals surface area contributed by atoms with Crippen LogP contribution < -0.4 is 9.47 Å². The Balaban J connectivity index is 1.38. The molecule has 0 amide bonds. The largest absolute Gasteiger partial charge is 0.491 e. The van der Waals surface area contributed by atoms with Gasteiger partial charge in [0.1, 0.15) is 24.2 Å². The molecule has 194 valence electrons. The fourth-order valence-electron chi connectivity index (χ4n) is 3.47. The Hall–Kier alpha value is -4.86. The molecule has 0 aliphatic carbocycles. The lowest BCUT2D eigenvalue weighted by atomic mass is 10.1. The van der Waals surface area contributed by atoms with E-state index in [1.165, 1.54) is 36.7 Å². The average molecular weight is 515 g/mol. The monoisotopic (exact) mass is 514 g/mol. The molecule has 0 aliphatic rings. The number of hydrogen-bond donors (Lipinski definition) is 1. The summed E-state index contributed by atoms with van der Waals surface area (Å²) in [5.74, 6) is -0.404. The fraction of sp³-hybridized carbons (Fsp3) is 0.214. The number of aromatic carboxylic acids is 1. The Bertz CT molecular complexity index is 1440. The van der Waals surface area contributed by atoms with Gasteiger partial charge in [-0.15, -0.1) is 0 Å². The van der Waals surface area contributed by atoms with Gasteiger partial charge in [0.2, 0.25) is 0 Å². The van der Waals surface area contributed by atoms with Gasteiger partial charge in [-0.3, -0.25) is 19.9 Å². The lowest BCUT2D eigenvalue weighted by molar-refractivity contribution is 0.0341. The van der Waals surface area contributed by atoms with E-state index in [0.717, 1.165) is 0 Å². The summed E-state index contributed by atoms with van der Waals surface area (Å²) in [4.78, 5) is 41.0. The van der Waals surface area contributed by atoms with Crippen molar-refractivity contribution in [2.24, 2.45) is 0 Å². The van der Waals surface area contributed by atoms with Gasteiger partial charge in [0.25, 0.3) is 0 Å². The first-order valence-electron chi connectivity index (χ1n) is 11.9. The van der Waals surface area contributed by atoms with Gasteiger partial charge in [-0.05, 0) is 57.2 Å². The quantitative estimate of drug-likeness (QED) is 0.297. The van der Waals surface area contributed by atoms with Crippen LogP contribution in [0.25, 0.3) is 22.8 Å². The highest BCUT2D eigenvalue weighted by Gasteiger charge is 2.15. The summed E-state index contributed by atoms with van der Waals surface area (Å²) in [7, 11) is 0. The van der Waals surface area contributed by atoms with Crippen LogP contribution in [-0.2, 0) is 4.74 Å². The minimum absolute atomic E-state index is 0.00312. The van der Waals surface area contributed by atoms with Gasteiger partial charge in [0, 0.05) is 36.9 Å². The number of carboxylic acid groups (broad SMARTS) is 1. The third-order valence-corrected chi connectivity index (χ3v) is 5.15. The van der Waals surface area contributed by atoms with Gasteiger partial charge in [0.05, 0.1) is 40.0 Å². The zero-order chi connectivity index (χ0) is 27.1. The van der Waals surface area contributed by atoms with Gasteiger partial charge in [-0.2, -0.15) is 0 Å². The predicted molar refractivity (Wildman–Crippen MR) is 138 cm³/mol. The molecule has 0 radical (unpaired) electrons. The van der Waals surface area contributed by atoms with Crippen molar-refractivity contribution in [1.29, 1.82) is 0 Å². The average Bonchev–Trinajstić information content (AvgIpc) is 2.92. The van der Waals surface area contributed by atoms with Crippen LogP contribution in [0.5, 0.6) is 11.5 Å². The third-order valence-electron chi connectivity index (χ3n) is 5.15. The van der Waals surface area contributed by atoms with Crippen LogP contribution in [-0.4, -0.2) is 55.8 Å². The van der Waals surface area contributed by atoms with Gasteiger partial charge in [-0.1, -0.05) is 0 Å². The Morgan fingerprint density at radius 3 is 1.74 bits per heavy atom. The number of carboxylic acids is 1. The number of esters is 1. The van der Waals surface area contributed by atoms with E-state index in [-0.39, 0.29) is 23.8 Å². The summed E-state index contributed by atoms with van der Waals surface area (Å²) in [5, 5.41) is 9.19. The van der Waals surface area contributed by atoms with E-state index < -0.39 is 18.0 Å². The van der Waals surface area contributed by atoms with Crippen molar-refractivity contribution in [3.05, 3.63) is 84.4 Å². The second-order valence-corrected chi connectivity index (χ2v) is 8.61. The maximum atomic E-state index is 12.7. The number of pyridine rings is 4. The molecule has 10 heteroatoms. The normalized spacial score (nSPS) is 11.6. The molecular formula is C28H26N4O6. The van der Waals surface area contributed by atoms with E-state index in [0.29, 0.717) is 34.3 Å². The number of carbonyl (C=O) groups excluding carboxylic acids is 1. The molecule has 4 aromatic rings. The molecule has 0 aromatic carbocycles. The first-order valence-corrected chi connectivity index (χ1v) is 11.9. The molecule has 38 heavy (non-hydrogen) atoms. The summed E-state index contributed by atoms with van der Waals surface area (Å²) in [6.07, 6.45) is 5.68. The summed E-state index contributed by atoms with van der Waals surface area (Å²) in [6, 6.07) is 12.9. The minimum Gasteiger partial charge on any atom is -0.491 e. The molecule has 1 unspecified atom stereocenters. The van der Waals surface area contributed by atoms with E-state index in [1.807, 2.05) is 19.9 Å². The predicted octanol–water partition coefficient (Wildman–Crippen LogP) is 4.71. The Morgan fingerprint density at radius 2 is 1.18 bits per heavy atom. The second kappa shape index (κ2) is 11.9. The summed E-state index contributed by atoms with van der Waals surface area (Å²) >= 11 is 0. The van der Waals surface area contributed by atoms with Crippen molar-refractivity contribution in [1.82, 2.24) is 19.9 Å². The summed E-state index contributed by atoms with van der Waals surface area (Å²) in [5.41, 5.74) is 2.27. The lowest BCUT2D eigenvalue weighted by Gasteiger charge is -2.16. The number of hydrogen-bond acceptors (Lipinski definition) is 9. The Labute approximate surface area is 219 Å². The smallest absolute Gasteiger partial charge is 0.338 e. The molecule has 0 spiro atoms. The van der Waals surface area contributed by atoms with Crippen LogP contribution in [0.3, 0.4) is 0 Å². The fourth-order valence-corrected chi connectivity index (χ4v) is 3.47. The van der Waals surface area contributed by atoms with Crippen LogP contribution in [0.15, 0.2) is 73.3 Å². The molecule has 0 aliphatic heterocycles. The first kappa shape index (κ1) is 26.2. The maximum absolute atomic E-state index is 12.7. The third kappa shape index (κ3) is 6.88. The highest BCUT2D eigenvalue weighted by Crippen LogP contribution is 2.24. The van der Waals surface area contributed by atoms with Crippen molar-refractivity contribution in [3.63, 3.8) is 0 Å². The number of aromatic nitrogens is 4. The number of nitrogens with zero attached hydrogens (tertiary/aromatic N) is 4. The molecule has 0 bridgehead atoms. The molecular weight excluding hydrogens is 488 g/mol. The van der Waals surface area contributed by atoms with Crippen molar-refractivity contribution in [2.45, 2.75) is 33.0 Å². The standard InChI is InChI=1S/C28H26N4O6/c1-17(2)37-21-6-10-31-25(14-21)26-15-22(7-11-32-26)38-18(3)16-36-28(35)20-5-9-30-24(13-20)23-12-19(27(33)34)4-8-29-23/h4-15,17-18H,16H2,1-3H3,(H,33,34). The van der Waals surface area contributed by atoms with Crippen LogP contribution in [0, 0.1) is 0 Å². The Kier molecular flexibility index (Phi) is 8.22. The van der Waals surface area contributed by atoms with Crippen molar-refractivity contribution >= 4 is 11.9 Å². The number of carbonyl (C=O) groups is 2. The van der Waals surface area contributed by atoms with Crippen molar-refractivity contribution in [3.8, 4) is 34.3 Å². The molecule has 1 atom stereocenters. The molecule has 10 nitrogen and oxygen atoms in total. The summed E-state index contributed by atoms with van der Waals surface area (Å²) in [6.45, 7) is 5.68. The lowest BCUT2D eigenvalue weighted by Crippen LogP contribution is -2.21. The molecule has 4 rings (SSSR count). The van der Waals surface area contributed by atoms with Crippen LogP contribution in [0.1, 0.15) is 41.5 Å². The van der Waals surface area contributed by atoms with Crippen LogP contribution in [0.2, 0.25) is 0 Å². The Morgan fingerprint density at radius 1 is 0.711 bits per heavy atom. The topological polar surface area (TPSA) is 134 Å². The van der Waals surface area contributed by atoms with Crippen molar-refractivity contribution < 1.29 is 28.9 Å². The van der Waals surface area contributed by atoms with E-state index >= 15 is 0 Å². The van der Waals surface area contributed by atoms with E-state index in [4.69, 9.17) is 14.2 Å².